The molecule has 0 aliphatic carbocycles. The standard InChI is InChI=1S/C18H16N6O2/c25-17-5-2-10-23(17)16-4-1-3-13(11-16)18(26)20-14-6-8-15(9-7-14)24-12-19-21-22-24/h1,3-4,6-9,11-12H,2,5,10H2,(H,20,26). The topological polar surface area (TPSA) is 93.0 Å². The Morgan fingerprint density at radius 3 is 2.62 bits per heavy atom. The fraction of sp³-hybridized carbons (Fsp3) is 0.167. The molecule has 8 nitrogen and oxygen atoms in total. The number of tetrazole rings is 1. The number of hydrogen-bond donors (Lipinski definition) is 1. The molecule has 26 heavy (non-hydrogen) atoms. The molecule has 2 heterocycles. The van der Waals surface area contributed by atoms with Crippen LogP contribution in [0.25, 0.3) is 5.69 Å². The van der Waals surface area contributed by atoms with Gasteiger partial charge in [0, 0.05) is 29.9 Å². The molecule has 0 saturated carbocycles. The number of nitrogens with one attached hydrogen (secondary N) is 1. The van der Waals surface area contributed by atoms with Crippen molar-refractivity contribution in [3.05, 3.63) is 60.4 Å². The number of hydrogen-bond acceptors (Lipinski definition) is 5. The minimum atomic E-state index is -0.228. The van der Waals surface area contributed by atoms with Crippen molar-refractivity contribution in [2.75, 3.05) is 16.8 Å². The van der Waals surface area contributed by atoms with Crippen LogP contribution < -0.4 is 10.2 Å². The molecule has 1 saturated heterocycles. The molecule has 130 valence electrons. The number of rotatable bonds is 4. The zero-order valence-electron chi connectivity index (χ0n) is 13.9. The van der Waals surface area contributed by atoms with Gasteiger partial charge < -0.3 is 10.2 Å². The van der Waals surface area contributed by atoms with Crippen molar-refractivity contribution in [2.45, 2.75) is 12.8 Å². The first-order chi connectivity index (χ1) is 12.7. The van der Waals surface area contributed by atoms with E-state index in [0.717, 1.165) is 17.8 Å². The van der Waals surface area contributed by atoms with E-state index >= 15 is 0 Å². The van der Waals surface area contributed by atoms with Gasteiger partial charge in [-0.3, -0.25) is 9.59 Å². The van der Waals surface area contributed by atoms with Crippen LogP contribution in [0.5, 0.6) is 0 Å². The Morgan fingerprint density at radius 1 is 1.08 bits per heavy atom. The van der Waals surface area contributed by atoms with E-state index in [2.05, 4.69) is 20.8 Å². The van der Waals surface area contributed by atoms with Crippen LogP contribution in [0.15, 0.2) is 54.9 Å². The lowest BCUT2D eigenvalue weighted by molar-refractivity contribution is -0.117. The monoisotopic (exact) mass is 348 g/mol. The molecule has 8 heteroatoms. The van der Waals surface area contributed by atoms with Crippen LogP contribution in [0.1, 0.15) is 23.2 Å². The molecule has 4 rings (SSSR count). The van der Waals surface area contributed by atoms with Gasteiger partial charge in [0.05, 0.1) is 5.69 Å². The largest absolute Gasteiger partial charge is 0.322 e. The average Bonchev–Trinajstić information content (AvgIpc) is 3.34. The Labute approximate surface area is 149 Å². The molecule has 0 spiro atoms. The van der Waals surface area contributed by atoms with Crippen LogP contribution in [0.2, 0.25) is 0 Å². The Bertz CT molecular complexity index is 937. The minimum absolute atomic E-state index is 0.0979. The van der Waals surface area contributed by atoms with Crippen molar-refractivity contribution in [2.24, 2.45) is 0 Å². The summed E-state index contributed by atoms with van der Waals surface area (Å²) in [5.74, 6) is -0.130. The van der Waals surface area contributed by atoms with Crippen molar-refractivity contribution >= 4 is 23.2 Å². The number of benzene rings is 2. The summed E-state index contributed by atoms with van der Waals surface area (Å²) in [6.07, 6.45) is 2.91. The van der Waals surface area contributed by atoms with Gasteiger partial charge in [-0.15, -0.1) is 5.10 Å². The third-order valence-electron chi connectivity index (χ3n) is 4.23. The van der Waals surface area contributed by atoms with Gasteiger partial charge in [0.25, 0.3) is 5.91 Å². The van der Waals surface area contributed by atoms with Gasteiger partial charge in [0.2, 0.25) is 5.91 Å². The van der Waals surface area contributed by atoms with Crippen LogP contribution >= 0.6 is 0 Å². The van der Waals surface area contributed by atoms with Gasteiger partial charge in [0.1, 0.15) is 6.33 Å². The van der Waals surface area contributed by atoms with Crippen LogP contribution in [0.3, 0.4) is 0 Å². The second-order valence-corrected chi connectivity index (χ2v) is 5.95. The maximum Gasteiger partial charge on any atom is 0.255 e. The molecule has 3 aromatic rings. The van der Waals surface area contributed by atoms with E-state index in [1.807, 2.05) is 18.2 Å². The lowest BCUT2D eigenvalue weighted by atomic mass is 10.1. The van der Waals surface area contributed by atoms with Gasteiger partial charge in [0.15, 0.2) is 0 Å². The second kappa shape index (κ2) is 6.75. The van der Waals surface area contributed by atoms with Gasteiger partial charge >= 0.3 is 0 Å². The van der Waals surface area contributed by atoms with E-state index in [-0.39, 0.29) is 11.8 Å². The predicted octanol–water partition coefficient (Wildman–Crippen LogP) is 2.04. The number of aromatic nitrogens is 4. The maximum absolute atomic E-state index is 12.5. The molecule has 2 aromatic carbocycles. The number of carbonyl (C=O) groups excluding carboxylic acids is 2. The third kappa shape index (κ3) is 3.16. The average molecular weight is 348 g/mol. The molecule has 2 amide bonds. The lowest BCUT2D eigenvalue weighted by Gasteiger charge is -2.16. The summed E-state index contributed by atoms with van der Waals surface area (Å²) in [6.45, 7) is 0.697. The molecular formula is C18H16N6O2. The highest BCUT2D eigenvalue weighted by molar-refractivity contribution is 6.05. The fourth-order valence-corrected chi connectivity index (χ4v) is 2.92. The van der Waals surface area contributed by atoms with Gasteiger partial charge in [-0.1, -0.05) is 6.07 Å². The second-order valence-electron chi connectivity index (χ2n) is 5.95. The molecule has 1 N–H and O–H groups in total. The predicted molar refractivity (Wildman–Crippen MR) is 95.1 cm³/mol. The highest BCUT2D eigenvalue weighted by Crippen LogP contribution is 2.23. The molecule has 0 atom stereocenters. The van der Waals surface area contributed by atoms with E-state index < -0.39 is 0 Å². The molecule has 1 aliphatic heterocycles. The number of nitrogens with zero attached hydrogens (tertiary/aromatic N) is 5. The van der Waals surface area contributed by atoms with Crippen molar-refractivity contribution < 1.29 is 9.59 Å². The molecule has 1 aliphatic rings. The molecule has 0 bridgehead atoms. The zero-order chi connectivity index (χ0) is 17.9. The molecule has 0 radical (unpaired) electrons. The Morgan fingerprint density at radius 2 is 1.92 bits per heavy atom. The summed E-state index contributed by atoms with van der Waals surface area (Å²) in [6, 6.07) is 14.3. The number of anilines is 2. The summed E-state index contributed by atoms with van der Waals surface area (Å²) in [5.41, 5.74) is 2.72. The highest BCUT2D eigenvalue weighted by atomic mass is 16.2. The van der Waals surface area contributed by atoms with Crippen LogP contribution in [0.4, 0.5) is 11.4 Å². The zero-order valence-corrected chi connectivity index (χ0v) is 13.9. The smallest absolute Gasteiger partial charge is 0.255 e. The summed E-state index contributed by atoms with van der Waals surface area (Å²) >= 11 is 0. The van der Waals surface area contributed by atoms with Gasteiger partial charge in [-0.2, -0.15) is 0 Å². The summed E-state index contributed by atoms with van der Waals surface area (Å²) in [5, 5.41) is 13.9. The number of carbonyl (C=O) groups is 2. The van der Waals surface area contributed by atoms with Crippen molar-refractivity contribution in [3.8, 4) is 5.69 Å². The van der Waals surface area contributed by atoms with Gasteiger partial charge in [-0.05, 0) is 59.3 Å². The third-order valence-corrected chi connectivity index (χ3v) is 4.23. The molecular weight excluding hydrogens is 332 g/mol. The summed E-state index contributed by atoms with van der Waals surface area (Å²) in [7, 11) is 0. The summed E-state index contributed by atoms with van der Waals surface area (Å²) < 4.78 is 1.53. The van der Waals surface area contributed by atoms with Gasteiger partial charge in [-0.25, -0.2) is 4.68 Å². The van der Waals surface area contributed by atoms with Crippen LogP contribution in [-0.2, 0) is 4.79 Å². The van der Waals surface area contributed by atoms with Crippen LogP contribution in [-0.4, -0.2) is 38.6 Å². The highest BCUT2D eigenvalue weighted by Gasteiger charge is 2.22. The fourth-order valence-electron chi connectivity index (χ4n) is 2.92. The van der Waals surface area contributed by atoms with Crippen molar-refractivity contribution in [1.29, 1.82) is 0 Å². The normalized spacial score (nSPS) is 13.8. The van der Waals surface area contributed by atoms with E-state index in [1.54, 1.807) is 35.2 Å². The maximum atomic E-state index is 12.5. The quantitative estimate of drug-likeness (QED) is 0.779. The van der Waals surface area contributed by atoms with Crippen LogP contribution in [0, 0.1) is 0 Å². The number of amides is 2. The van der Waals surface area contributed by atoms with E-state index in [1.165, 1.54) is 11.0 Å². The first kappa shape index (κ1) is 15.9. The van der Waals surface area contributed by atoms with E-state index in [4.69, 9.17) is 0 Å². The Hall–Kier alpha value is -3.55. The first-order valence-corrected chi connectivity index (χ1v) is 8.26. The van der Waals surface area contributed by atoms with Crippen molar-refractivity contribution in [1.82, 2.24) is 20.2 Å². The minimum Gasteiger partial charge on any atom is -0.322 e. The lowest BCUT2D eigenvalue weighted by Crippen LogP contribution is -2.24. The SMILES string of the molecule is O=C(Nc1ccc(-n2cnnn2)cc1)c1cccc(N2CCCC2=O)c1. The van der Waals surface area contributed by atoms with E-state index in [9.17, 15) is 9.59 Å². The van der Waals surface area contributed by atoms with E-state index in [0.29, 0.717) is 24.2 Å². The summed E-state index contributed by atoms with van der Waals surface area (Å²) in [4.78, 5) is 26.1. The Balaban J connectivity index is 1.49. The van der Waals surface area contributed by atoms with Crippen molar-refractivity contribution in [3.63, 3.8) is 0 Å². The Kier molecular flexibility index (Phi) is 4.14. The molecule has 1 fully saturated rings. The first-order valence-electron chi connectivity index (χ1n) is 8.26. The molecule has 1 aromatic heterocycles. The molecule has 0 unspecified atom stereocenters.